The third-order valence-corrected chi connectivity index (χ3v) is 6.68. The second-order valence-electron chi connectivity index (χ2n) is 9.08. The zero-order valence-corrected chi connectivity index (χ0v) is 19.9. The lowest BCUT2D eigenvalue weighted by molar-refractivity contribution is 0.00994. The summed E-state index contributed by atoms with van der Waals surface area (Å²) in [5, 5.41) is 0. The van der Waals surface area contributed by atoms with Gasteiger partial charge in [0.2, 0.25) is 10.0 Å². The highest BCUT2D eigenvalue weighted by atomic mass is 32.2. The molecule has 0 unspecified atom stereocenters. The van der Waals surface area contributed by atoms with E-state index in [1.807, 2.05) is 0 Å². The SMILES string of the molecule is CO[C@H]1CN(C)C(=O)c2ccc(NS(C)(=O)=O)cc2OC[C@@H](C)N(CC2CC2)C[C@@H]1C. The molecule has 1 aromatic rings. The number of rotatable bonds is 5. The summed E-state index contributed by atoms with van der Waals surface area (Å²) in [4.78, 5) is 17.3. The van der Waals surface area contributed by atoms with Crippen molar-refractivity contribution in [3.63, 3.8) is 0 Å². The molecule has 1 heterocycles. The molecule has 31 heavy (non-hydrogen) atoms. The highest BCUT2D eigenvalue weighted by Crippen LogP contribution is 2.32. The Bertz CT molecular complexity index is 887. The van der Waals surface area contributed by atoms with E-state index in [0.717, 1.165) is 25.3 Å². The van der Waals surface area contributed by atoms with E-state index in [9.17, 15) is 13.2 Å². The van der Waals surface area contributed by atoms with Crippen LogP contribution in [0.15, 0.2) is 18.2 Å². The number of nitrogens with zero attached hydrogens (tertiary/aromatic N) is 2. The maximum Gasteiger partial charge on any atom is 0.257 e. The molecule has 9 heteroatoms. The molecule has 1 N–H and O–H groups in total. The van der Waals surface area contributed by atoms with Crippen LogP contribution in [0.5, 0.6) is 5.75 Å². The molecule has 1 amide bonds. The van der Waals surface area contributed by atoms with Crippen LogP contribution in [0.25, 0.3) is 0 Å². The molecule has 1 aromatic carbocycles. The van der Waals surface area contributed by atoms with Crippen LogP contribution in [0.4, 0.5) is 5.69 Å². The van der Waals surface area contributed by atoms with Crippen molar-refractivity contribution in [2.75, 3.05) is 51.4 Å². The molecule has 0 aromatic heterocycles. The Morgan fingerprint density at radius 1 is 1.23 bits per heavy atom. The van der Waals surface area contributed by atoms with E-state index < -0.39 is 10.0 Å². The molecule has 0 bridgehead atoms. The van der Waals surface area contributed by atoms with Gasteiger partial charge in [-0.05, 0) is 43.7 Å². The molecule has 2 aliphatic rings. The van der Waals surface area contributed by atoms with Gasteiger partial charge in [0, 0.05) is 45.9 Å². The molecule has 3 rings (SSSR count). The van der Waals surface area contributed by atoms with Gasteiger partial charge in [-0.25, -0.2) is 8.42 Å². The molecular formula is C22H35N3O5S. The Hall–Kier alpha value is -1.84. The summed E-state index contributed by atoms with van der Waals surface area (Å²) in [5.74, 6) is 1.19. The van der Waals surface area contributed by atoms with Crippen LogP contribution in [0.2, 0.25) is 0 Å². The van der Waals surface area contributed by atoms with Crippen molar-refractivity contribution < 1.29 is 22.7 Å². The normalized spacial score (nSPS) is 26.4. The van der Waals surface area contributed by atoms with Gasteiger partial charge < -0.3 is 14.4 Å². The second kappa shape index (κ2) is 9.75. The minimum Gasteiger partial charge on any atom is -0.491 e. The van der Waals surface area contributed by atoms with Crippen molar-refractivity contribution >= 4 is 21.6 Å². The van der Waals surface area contributed by atoms with Crippen LogP contribution >= 0.6 is 0 Å². The van der Waals surface area contributed by atoms with E-state index >= 15 is 0 Å². The summed E-state index contributed by atoms with van der Waals surface area (Å²) in [6.07, 6.45) is 3.55. The fourth-order valence-corrected chi connectivity index (χ4v) is 4.57. The van der Waals surface area contributed by atoms with Crippen LogP contribution in [0.3, 0.4) is 0 Å². The van der Waals surface area contributed by atoms with Gasteiger partial charge in [0.05, 0.1) is 23.6 Å². The molecule has 0 spiro atoms. The first-order chi connectivity index (χ1) is 14.6. The highest BCUT2D eigenvalue weighted by molar-refractivity contribution is 7.92. The number of likely N-dealkylation sites (N-methyl/N-ethyl adjacent to an activating group) is 1. The molecule has 1 fully saturated rings. The van der Waals surface area contributed by atoms with Crippen molar-refractivity contribution in [1.82, 2.24) is 9.80 Å². The predicted molar refractivity (Wildman–Crippen MR) is 121 cm³/mol. The van der Waals surface area contributed by atoms with Gasteiger partial charge in [-0.15, -0.1) is 0 Å². The van der Waals surface area contributed by atoms with Gasteiger partial charge in [0.15, 0.2) is 0 Å². The molecule has 174 valence electrons. The number of fused-ring (bicyclic) bond motifs is 1. The highest BCUT2D eigenvalue weighted by Gasteiger charge is 2.31. The summed E-state index contributed by atoms with van der Waals surface area (Å²) in [7, 11) is 0.0119. The molecule has 1 aliphatic carbocycles. The van der Waals surface area contributed by atoms with Crippen molar-refractivity contribution in [1.29, 1.82) is 0 Å². The lowest BCUT2D eigenvalue weighted by atomic mass is 10.0. The number of methoxy groups -OCH3 is 1. The number of carbonyl (C=O) groups is 1. The number of sulfonamides is 1. The Balaban J connectivity index is 1.93. The summed E-state index contributed by atoms with van der Waals surface area (Å²) in [6, 6.07) is 4.93. The smallest absolute Gasteiger partial charge is 0.257 e. The summed E-state index contributed by atoms with van der Waals surface area (Å²) in [6.45, 7) is 7.07. The largest absolute Gasteiger partial charge is 0.491 e. The summed E-state index contributed by atoms with van der Waals surface area (Å²) >= 11 is 0. The van der Waals surface area contributed by atoms with Crippen LogP contribution in [0, 0.1) is 11.8 Å². The first-order valence-corrected chi connectivity index (χ1v) is 12.7. The topological polar surface area (TPSA) is 88.2 Å². The second-order valence-corrected chi connectivity index (χ2v) is 10.8. The van der Waals surface area contributed by atoms with Gasteiger partial charge in [0.25, 0.3) is 5.91 Å². The number of benzene rings is 1. The van der Waals surface area contributed by atoms with E-state index in [2.05, 4.69) is 23.5 Å². The summed E-state index contributed by atoms with van der Waals surface area (Å²) in [5.41, 5.74) is 0.778. The monoisotopic (exact) mass is 453 g/mol. The Labute approximate surface area is 185 Å². The molecular weight excluding hydrogens is 418 g/mol. The lowest BCUT2D eigenvalue weighted by Gasteiger charge is -2.36. The Morgan fingerprint density at radius 2 is 1.94 bits per heavy atom. The van der Waals surface area contributed by atoms with Gasteiger partial charge in [-0.3, -0.25) is 14.4 Å². The first-order valence-electron chi connectivity index (χ1n) is 10.8. The number of nitrogens with one attached hydrogen (secondary N) is 1. The number of carbonyl (C=O) groups excluding carboxylic acids is 1. The lowest BCUT2D eigenvalue weighted by Crippen LogP contribution is -2.47. The van der Waals surface area contributed by atoms with Crippen molar-refractivity contribution in [3.8, 4) is 5.75 Å². The average Bonchev–Trinajstić information content (AvgIpc) is 3.51. The van der Waals surface area contributed by atoms with E-state index in [1.54, 1.807) is 37.3 Å². The quantitative estimate of drug-likeness (QED) is 0.736. The molecule has 0 radical (unpaired) electrons. The molecule has 0 saturated heterocycles. The number of anilines is 1. The van der Waals surface area contributed by atoms with E-state index in [1.165, 1.54) is 12.8 Å². The number of amides is 1. The fraction of sp³-hybridized carbons (Fsp3) is 0.682. The van der Waals surface area contributed by atoms with Crippen molar-refractivity contribution in [2.45, 2.75) is 38.8 Å². The number of ether oxygens (including phenoxy) is 2. The average molecular weight is 454 g/mol. The Morgan fingerprint density at radius 3 is 2.55 bits per heavy atom. The Kier molecular flexibility index (Phi) is 7.49. The minimum atomic E-state index is -3.44. The van der Waals surface area contributed by atoms with Crippen LogP contribution in [-0.2, 0) is 14.8 Å². The third kappa shape index (κ3) is 6.57. The fourth-order valence-electron chi connectivity index (χ4n) is 4.01. The van der Waals surface area contributed by atoms with Gasteiger partial charge in [0.1, 0.15) is 12.4 Å². The van der Waals surface area contributed by atoms with E-state index in [0.29, 0.717) is 30.2 Å². The molecule has 1 saturated carbocycles. The maximum atomic E-state index is 13.2. The van der Waals surface area contributed by atoms with Crippen molar-refractivity contribution in [2.24, 2.45) is 11.8 Å². The number of hydrogen-bond donors (Lipinski definition) is 1. The zero-order valence-electron chi connectivity index (χ0n) is 19.1. The van der Waals surface area contributed by atoms with Gasteiger partial charge in [-0.1, -0.05) is 6.92 Å². The molecule has 8 nitrogen and oxygen atoms in total. The zero-order chi connectivity index (χ0) is 22.8. The summed E-state index contributed by atoms with van der Waals surface area (Å²) < 4.78 is 37.6. The van der Waals surface area contributed by atoms with Gasteiger partial charge in [-0.2, -0.15) is 0 Å². The van der Waals surface area contributed by atoms with Gasteiger partial charge >= 0.3 is 0 Å². The van der Waals surface area contributed by atoms with E-state index in [4.69, 9.17) is 9.47 Å². The molecule has 3 atom stereocenters. The first kappa shape index (κ1) is 23.8. The van der Waals surface area contributed by atoms with Crippen molar-refractivity contribution in [3.05, 3.63) is 23.8 Å². The van der Waals surface area contributed by atoms with Crippen LogP contribution in [0.1, 0.15) is 37.0 Å². The van der Waals surface area contributed by atoms with E-state index in [-0.39, 0.29) is 24.0 Å². The van der Waals surface area contributed by atoms with Crippen LogP contribution < -0.4 is 9.46 Å². The minimum absolute atomic E-state index is 0.0853. The number of hydrogen-bond acceptors (Lipinski definition) is 6. The maximum absolute atomic E-state index is 13.2. The standard InChI is InChI=1S/C22H35N3O5S/c1-15-11-25(12-17-6-7-17)16(2)14-30-20-10-18(23-31(5,27)28)8-9-19(20)22(26)24(3)13-21(15)29-4/h8-10,15-17,21,23H,6-7,11-14H2,1-5H3/t15-,16+,21-/m0/s1. The predicted octanol–water partition coefficient (Wildman–Crippen LogP) is 2.27. The third-order valence-electron chi connectivity index (χ3n) is 6.07. The van der Waals surface area contributed by atoms with Crippen LogP contribution in [-0.4, -0.2) is 82.9 Å². The molecule has 1 aliphatic heterocycles.